The molecule has 0 heterocycles. The van der Waals surface area contributed by atoms with E-state index >= 15 is 0 Å². The second kappa shape index (κ2) is 7.82. The summed E-state index contributed by atoms with van der Waals surface area (Å²) in [6, 6.07) is 7.17. The zero-order valence-electron chi connectivity index (χ0n) is 13.0. The number of hydrogen-bond acceptors (Lipinski definition) is 3. The summed E-state index contributed by atoms with van der Waals surface area (Å²) in [5.41, 5.74) is 0.544. The first-order valence-electron chi connectivity index (χ1n) is 7.88. The van der Waals surface area contributed by atoms with Crippen LogP contribution in [0.25, 0.3) is 0 Å². The fraction of sp³-hybridized carbons (Fsp3) is 0.529. The van der Waals surface area contributed by atoms with E-state index in [1.165, 1.54) is 12.8 Å². The van der Waals surface area contributed by atoms with E-state index in [1.807, 2.05) is 19.1 Å². The van der Waals surface area contributed by atoms with Crippen LogP contribution in [-0.2, 0) is 4.79 Å². The second-order valence-corrected chi connectivity index (χ2v) is 5.58. The van der Waals surface area contributed by atoms with E-state index in [9.17, 15) is 9.59 Å². The lowest BCUT2D eigenvalue weighted by Gasteiger charge is -2.20. The molecule has 22 heavy (non-hydrogen) atoms. The van der Waals surface area contributed by atoms with E-state index in [4.69, 9.17) is 9.84 Å². The Morgan fingerprint density at radius 1 is 1.32 bits per heavy atom. The number of ether oxygens (including phenoxy) is 1. The fourth-order valence-electron chi connectivity index (χ4n) is 2.72. The lowest BCUT2D eigenvalue weighted by molar-refractivity contribution is -0.137. The first kappa shape index (κ1) is 16.3. The van der Waals surface area contributed by atoms with Gasteiger partial charge in [-0.15, -0.1) is 0 Å². The Labute approximate surface area is 130 Å². The van der Waals surface area contributed by atoms with E-state index in [1.54, 1.807) is 17.0 Å². The molecular formula is C17H23NO4. The van der Waals surface area contributed by atoms with Crippen molar-refractivity contribution >= 4 is 11.9 Å². The van der Waals surface area contributed by atoms with Crippen molar-refractivity contribution in [3.05, 3.63) is 29.8 Å². The second-order valence-electron chi connectivity index (χ2n) is 5.58. The first-order valence-corrected chi connectivity index (χ1v) is 7.88. The van der Waals surface area contributed by atoms with Crippen molar-refractivity contribution in [3.8, 4) is 5.75 Å². The van der Waals surface area contributed by atoms with Crippen molar-refractivity contribution in [1.82, 2.24) is 4.90 Å². The van der Waals surface area contributed by atoms with E-state index in [0.29, 0.717) is 17.9 Å². The molecule has 1 aliphatic carbocycles. The number of carbonyl (C=O) groups is 2. The molecule has 0 radical (unpaired) electrons. The summed E-state index contributed by atoms with van der Waals surface area (Å²) >= 11 is 0. The molecule has 120 valence electrons. The fourth-order valence-corrected chi connectivity index (χ4v) is 2.72. The molecule has 1 aromatic carbocycles. The molecule has 1 amide bonds. The molecule has 2 rings (SSSR count). The lowest BCUT2D eigenvalue weighted by Crippen LogP contribution is -2.32. The Kier molecular flexibility index (Phi) is 5.81. The Morgan fingerprint density at radius 2 is 2.05 bits per heavy atom. The van der Waals surface area contributed by atoms with Crippen molar-refractivity contribution in [2.45, 2.75) is 45.1 Å². The monoisotopic (exact) mass is 305 g/mol. The highest BCUT2D eigenvalue weighted by Crippen LogP contribution is 2.24. The van der Waals surface area contributed by atoms with E-state index < -0.39 is 5.97 Å². The Morgan fingerprint density at radius 3 is 2.68 bits per heavy atom. The van der Waals surface area contributed by atoms with E-state index in [2.05, 4.69) is 0 Å². The van der Waals surface area contributed by atoms with Gasteiger partial charge in [0.2, 0.25) is 0 Å². The van der Waals surface area contributed by atoms with Gasteiger partial charge >= 0.3 is 5.97 Å². The summed E-state index contributed by atoms with van der Waals surface area (Å²) in [4.78, 5) is 24.7. The first-order chi connectivity index (χ1) is 10.6. The maximum absolute atomic E-state index is 12.5. The molecule has 1 N–H and O–H groups in total. The van der Waals surface area contributed by atoms with Gasteiger partial charge in [-0.25, -0.2) is 0 Å². The summed E-state index contributed by atoms with van der Waals surface area (Å²) < 4.78 is 5.91. The highest BCUT2D eigenvalue weighted by atomic mass is 16.5. The Bertz CT molecular complexity index is 523. The summed E-state index contributed by atoms with van der Waals surface area (Å²) in [6.45, 7) is 2.55. The van der Waals surface area contributed by atoms with Gasteiger partial charge in [0.25, 0.3) is 5.91 Å². The molecule has 5 nitrogen and oxygen atoms in total. The van der Waals surface area contributed by atoms with Crippen LogP contribution in [0.5, 0.6) is 5.75 Å². The molecule has 0 saturated heterocycles. The van der Waals surface area contributed by atoms with Gasteiger partial charge in [0.05, 0.1) is 12.5 Å². The van der Waals surface area contributed by atoms with E-state index in [0.717, 1.165) is 12.8 Å². The number of hydrogen-bond donors (Lipinski definition) is 1. The molecule has 0 spiro atoms. The van der Waals surface area contributed by atoms with Gasteiger partial charge in [0, 0.05) is 18.7 Å². The minimum atomic E-state index is -0.899. The number of carbonyl (C=O) groups excluding carboxylic acids is 1. The molecule has 0 aromatic heterocycles. The number of benzene rings is 1. The van der Waals surface area contributed by atoms with Gasteiger partial charge in [0.15, 0.2) is 0 Å². The van der Waals surface area contributed by atoms with Crippen LogP contribution < -0.4 is 4.74 Å². The van der Waals surface area contributed by atoms with Gasteiger partial charge in [-0.1, -0.05) is 6.07 Å². The normalized spacial score (nSPS) is 14.8. The maximum atomic E-state index is 12.5. The highest BCUT2D eigenvalue weighted by Gasteiger charge is 2.19. The minimum Gasteiger partial charge on any atom is -0.490 e. The summed E-state index contributed by atoms with van der Waals surface area (Å²) in [5.74, 6) is -0.336. The van der Waals surface area contributed by atoms with Crippen LogP contribution in [0.1, 0.15) is 49.4 Å². The number of carboxylic acids is 1. The molecule has 0 aliphatic heterocycles. The Hall–Kier alpha value is -2.04. The highest BCUT2D eigenvalue weighted by molar-refractivity contribution is 5.94. The molecule has 0 unspecified atom stereocenters. The maximum Gasteiger partial charge on any atom is 0.305 e. The summed E-state index contributed by atoms with van der Waals surface area (Å²) in [7, 11) is 0. The average molecular weight is 305 g/mol. The van der Waals surface area contributed by atoms with Crippen molar-refractivity contribution in [1.29, 1.82) is 0 Å². The molecule has 1 saturated carbocycles. The average Bonchev–Trinajstić information content (AvgIpc) is 3.00. The largest absolute Gasteiger partial charge is 0.490 e. The van der Waals surface area contributed by atoms with Crippen LogP contribution in [0.4, 0.5) is 0 Å². The topological polar surface area (TPSA) is 66.8 Å². The molecule has 1 aromatic rings. The molecule has 5 heteroatoms. The quantitative estimate of drug-likeness (QED) is 0.841. The summed E-state index contributed by atoms with van der Waals surface area (Å²) in [5, 5.41) is 8.76. The van der Waals surface area contributed by atoms with Gasteiger partial charge < -0.3 is 14.7 Å². The third-order valence-corrected chi connectivity index (χ3v) is 3.95. The summed E-state index contributed by atoms with van der Waals surface area (Å²) in [6.07, 6.45) is 4.73. The van der Waals surface area contributed by atoms with E-state index in [-0.39, 0.29) is 25.0 Å². The predicted octanol–water partition coefficient (Wildman–Crippen LogP) is 2.94. The van der Waals surface area contributed by atoms with Gasteiger partial charge in [-0.05, 0) is 50.8 Å². The van der Waals surface area contributed by atoms with Crippen LogP contribution >= 0.6 is 0 Å². The van der Waals surface area contributed by atoms with Gasteiger partial charge in [-0.3, -0.25) is 9.59 Å². The van der Waals surface area contributed by atoms with Crippen molar-refractivity contribution < 1.29 is 19.4 Å². The van der Waals surface area contributed by atoms with Crippen LogP contribution in [0.3, 0.4) is 0 Å². The molecule has 1 aliphatic rings. The lowest BCUT2D eigenvalue weighted by atomic mass is 10.1. The Balaban J connectivity index is 2.02. The smallest absolute Gasteiger partial charge is 0.305 e. The predicted molar refractivity (Wildman–Crippen MR) is 83.2 cm³/mol. The van der Waals surface area contributed by atoms with Crippen LogP contribution in [0.2, 0.25) is 0 Å². The zero-order valence-corrected chi connectivity index (χ0v) is 13.0. The third kappa shape index (κ3) is 4.48. The number of nitrogens with zero attached hydrogens (tertiary/aromatic N) is 1. The van der Waals surface area contributed by atoms with Crippen LogP contribution in [0, 0.1) is 0 Å². The minimum absolute atomic E-state index is 0.0438. The van der Waals surface area contributed by atoms with Crippen molar-refractivity contribution in [3.63, 3.8) is 0 Å². The van der Waals surface area contributed by atoms with Crippen molar-refractivity contribution in [2.75, 3.05) is 13.1 Å². The number of carboxylic acid groups (broad SMARTS) is 1. The zero-order chi connectivity index (χ0) is 15.9. The standard InChI is InChI=1S/C17H23NO4/c1-2-18(11-10-16(19)20)17(21)13-6-5-9-15(12-13)22-14-7-3-4-8-14/h5-6,9,12,14H,2-4,7-8,10-11H2,1H3,(H,19,20). The number of amides is 1. The van der Waals surface area contributed by atoms with Gasteiger partial charge in [-0.2, -0.15) is 0 Å². The van der Waals surface area contributed by atoms with Gasteiger partial charge in [0.1, 0.15) is 5.75 Å². The SMILES string of the molecule is CCN(CCC(=O)O)C(=O)c1cccc(OC2CCCC2)c1. The molecular weight excluding hydrogens is 282 g/mol. The molecule has 0 bridgehead atoms. The number of rotatable bonds is 7. The van der Waals surface area contributed by atoms with Crippen LogP contribution in [0.15, 0.2) is 24.3 Å². The van der Waals surface area contributed by atoms with Crippen molar-refractivity contribution in [2.24, 2.45) is 0 Å². The third-order valence-electron chi connectivity index (χ3n) is 3.95. The molecule has 1 fully saturated rings. The molecule has 0 atom stereocenters. The van der Waals surface area contributed by atoms with Crippen LogP contribution in [-0.4, -0.2) is 41.1 Å². The number of aliphatic carboxylic acids is 1.